The molecule has 1 fully saturated rings. The number of rotatable bonds is 7. The highest BCUT2D eigenvalue weighted by atomic mass is 79.9. The molecule has 1 rings (SSSR count). The number of hydrogen-bond acceptors (Lipinski definition) is 1. The van der Waals surface area contributed by atoms with Gasteiger partial charge in [0.25, 0.3) is 0 Å². The Morgan fingerprint density at radius 2 is 1.79 bits per heavy atom. The third kappa shape index (κ3) is 5.06. The van der Waals surface area contributed by atoms with Crippen LogP contribution < -0.4 is 0 Å². The van der Waals surface area contributed by atoms with Crippen molar-refractivity contribution in [1.29, 1.82) is 0 Å². The van der Waals surface area contributed by atoms with Crippen molar-refractivity contribution in [3.05, 3.63) is 0 Å². The van der Waals surface area contributed by atoms with E-state index < -0.39 is 0 Å². The molecule has 1 aliphatic rings. The minimum absolute atomic E-state index is 0.808. The molecule has 0 bridgehead atoms. The average molecular weight is 279 g/mol. The topological polar surface area (TPSA) is 0 Å². The number of thioether (sulfide) groups is 1. The minimum atomic E-state index is 0.808. The molecule has 1 aliphatic heterocycles. The van der Waals surface area contributed by atoms with Crippen molar-refractivity contribution in [1.82, 2.24) is 0 Å². The Bertz CT molecular complexity index is 138. The van der Waals surface area contributed by atoms with Crippen LogP contribution in [0.1, 0.15) is 51.9 Å². The zero-order valence-electron chi connectivity index (χ0n) is 9.30. The van der Waals surface area contributed by atoms with Gasteiger partial charge >= 0.3 is 0 Å². The molecule has 0 radical (unpaired) electrons. The van der Waals surface area contributed by atoms with Crippen LogP contribution in [0.5, 0.6) is 0 Å². The first-order chi connectivity index (χ1) is 6.84. The van der Waals surface area contributed by atoms with Gasteiger partial charge < -0.3 is 0 Å². The van der Waals surface area contributed by atoms with Gasteiger partial charge in [0.1, 0.15) is 0 Å². The lowest BCUT2D eigenvalue weighted by molar-refractivity contribution is 0.502. The maximum atomic E-state index is 3.78. The van der Waals surface area contributed by atoms with Crippen LogP contribution in [0.4, 0.5) is 0 Å². The fourth-order valence-electron chi connectivity index (χ4n) is 2.02. The summed E-state index contributed by atoms with van der Waals surface area (Å²) >= 11 is 5.89. The lowest BCUT2D eigenvalue weighted by atomic mass is 10.00. The highest BCUT2D eigenvalue weighted by Gasteiger charge is 2.24. The number of hydrogen-bond donors (Lipinski definition) is 0. The Balaban J connectivity index is 1.88. The monoisotopic (exact) mass is 278 g/mol. The van der Waals surface area contributed by atoms with Crippen LogP contribution in [-0.2, 0) is 0 Å². The molecule has 0 aromatic rings. The Kier molecular flexibility index (Phi) is 7.40. The summed E-state index contributed by atoms with van der Waals surface area (Å²) in [5.41, 5.74) is 0. The van der Waals surface area contributed by atoms with Gasteiger partial charge in [-0.25, -0.2) is 0 Å². The van der Waals surface area contributed by atoms with E-state index in [4.69, 9.17) is 0 Å². The average Bonchev–Trinajstić information content (AvgIpc) is 2.58. The van der Waals surface area contributed by atoms with Crippen LogP contribution in [0.15, 0.2) is 0 Å². The van der Waals surface area contributed by atoms with Crippen LogP contribution in [0.2, 0.25) is 0 Å². The molecule has 2 heteroatoms. The molecule has 2 unspecified atom stereocenters. The van der Waals surface area contributed by atoms with Gasteiger partial charge in [-0.2, -0.15) is 11.8 Å². The third-order valence-corrected chi connectivity index (χ3v) is 5.81. The van der Waals surface area contributed by atoms with Crippen molar-refractivity contribution in [3.8, 4) is 0 Å². The Hall–Kier alpha value is 0.830. The van der Waals surface area contributed by atoms with Crippen LogP contribution in [0.25, 0.3) is 0 Å². The van der Waals surface area contributed by atoms with Crippen molar-refractivity contribution in [2.24, 2.45) is 5.92 Å². The molecule has 0 aromatic heterocycles. The van der Waals surface area contributed by atoms with E-state index in [1.807, 2.05) is 0 Å². The minimum Gasteiger partial charge on any atom is -0.161 e. The molecule has 1 heterocycles. The maximum Gasteiger partial charge on any atom is 0.0272 e. The second-order valence-electron chi connectivity index (χ2n) is 4.37. The van der Waals surface area contributed by atoms with Crippen LogP contribution in [0, 0.1) is 5.92 Å². The normalized spacial score (nSPS) is 27.0. The van der Waals surface area contributed by atoms with Crippen LogP contribution in [-0.4, -0.2) is 16.3 Å². The summed E-state index contributed by atoms with van der Waals surface area (Å²) in [4.78, 5) is 0.808. The van der Waals surface area contributed by atoms with E-state index in [-0.39, 0.29) is 0 Å². The van der Waals surface area contributed by atoms with Crippen molar-refractivity contribution >= 4 is 27.7 Å². The summed E-state index contributed by atoms with van der Waals surface area (Å²) in [6.07, 6.45) is 10.1. The molecule has 2 atom stereocenters. The zero-order chi connectivity index (χ0) is 10.2. The first-order valence-corrected chi connectivity index (χ1v) is 8.13. The summed E-state index contributed by atoms with van der Waals surface area (Å²) in [5.74, 6) is 3.69. The highest BCUT2D eigenvalue weighted by Crippen LogP contribution is 2.33. The van der Waals surface area contributed by atoms with Gasteiger partial charge in [0.05, 0.1) is 0 Å². The van der Waals surface area contributed by atoms with Gasteiger partial charge in [0.2, 0.25) is 0 Å². The van der Waals surface area contributed by atoms with E-state index in [0.29, 0.717) is 0 Å². The van der Waals surface area contributed by atoms with E-state index in [1.165, 1.54) is 56.5 Å². The maximum absolute atomic E-state index is 3.78. The largest absolute Gasteiger partial charge is 0.161 e. The van der Waals surface area contributed by atoms with Crippen molar-refractivity contribution in [3.63, 3.8) is 0 Å². The fraction of sp³-hybridized carbons (Fsp3) is 1.00. The predicted octanol–water partition coefficient (Wildman–Crippen LogP) is 4.86. The number of halogens is 1. The molecule has 0 aromatic carbocycles. The molecule has 14 heavy (non-hydrogen) atoms. The van der Waals surface area contributed by atoms with E-state index in [0.717, 1.165) is 10.7 Å². The summed E-state index contributed by atoms with van der Waals surface area (Å²) in [7, 11) is 0. The van der Waals surface area contributed by atoms with E-state index >= 15 is 0 Å². The van der Waals surface area contributed by atoms with Crippen molar-refractivity contribution < 1.29 is 0 Å². The lowest BCUT2D eigenvalue weighted by Crippen LogP contribution is -2.10. The smallest absolute Gasteiger partial charge is 0.0272 e. The first kappa shape index (κ1) is 12.9. The van der Waals surface area contributed by atoms with Gasteiger partial charge in [-0.15, -0.1) is 0 Å². The third-order valence-electron chi connectivity index (χ3n) is 3.05. The zero-order valence-corrected chi connectivity index (χ0v) is 11.7. The van der Waals surface area contributed by atoms with Gasteiger partial charge in [-0.3, -0.25) is 0 Å². The van der Waals surface area contributed by atoms with Crippen molar-refractivity contribution in [2.75, 3.05) is 11.5 Å². The molecule has 1 saturated heterocycles. The SMILES string of the molecule is CCCCCCCCC1CSCC1Br. The molecule has 0 nitrogen and oxygen atoms in total. The number of unbranched alkanes of at least 4 members (excludes halogenated alkanes) is 5. The molecular formula is C12H23BrS. The van der Waals surface area contributed by atoms with E-state index in [2.05, 4.69) is 34.6 Å². The Labute approximate surface area is 102 Å². The van der Waals surface area contributed by atoms with Gasteiger partial charge in [-0.05, 0) is 18.1 Å². The Morgan fingerprint density at radius 1 is 1.07 bits per heavy atom. The molecule has 0 spiro atoms. The Morgan fingerprint density at radius 3 is 2.43 bits per heavy atom. The predicted molar refractivity (Wildman–Crippen MR) is 71.5 cm³/mol. The summed E-state index contributed by atoms with van der Waals surface area (Å²) in [5, 5.41) is 0. The highest BCUT2D eigenvalue weighted by molar-refractivity contribution is 9.09. The molecule has 0 saturated carbocycles. The van der Waals surface area contributed by atoms with Crippen LogP contribution >= 0.6 is 27.7 Å². The summed E-state index contributed by atoms with van der Waals surface area (Å²) in [6, 6.07) is 0. The van der Waals surface area contributed by atoms with E-state index in [1.54, 1.807) is 0 Å². The molecule has 0 amide bonds. The van der Waals surface area contributed by atoms with Gasteiger partial charge in [-0.1, -0.05) is 61.4 Å². The molecule has 0 aliphatic carbocycles. The first-order valence-electron chi connectivity index (χ1n) is 6.06. The van der Waals surface area contributed by atoms with Crippen molar-refractivity contribution in [2.45, 2.75) is 56.7 Å². The quantitative estimate of drug-likeness (QED) is 0.473. The van der Waals surface area contributed by atoms with Crippen LogP contribution in [0.3, 0.4) is 0 Å². The van der Waals surface area contributed by atoms with Gasteiger partial charge in [0, 0.05) is 10.6 Å². The second-order valence-corrected chi connectivity index (χ2v) is 6.62. The van der Waals surface area contributed by atoms with Gasteiger partial charge in [0.15, 0.2) is 0 Å². The lowest BCUT2D eigenvalue weighted by Gasteiger charge is -2.12. The molecule has 84 valence electrons. The molecular weight excluding hydrogens is 256 g/mol. The summed E-state index contributed by atoms with van der Waals surface area (Å²) in [6.45, 7) is 2.28. The summed E-state index contributed by atoms with van der Waals surface area (Å²) < 4.78 is 0. The molecule has 0 N–H and O–H groups in total. The standard InChI is InChI=1S/C12H23BrS/c1-2-3-4-5-6-7-8-11-9-14-10-12(11)13/h11-12H,2-10H2,1H3. The van der Waals surface area contributed by atoms with E-state index in [9.17, 15) is 0 Å². The second kappa shape index (κ2) is 8.04. The fourth-order valence-corrected chi connectivity index (χ4v) is 4.62. The number of alkyl halides is 1.